The molecule has 1 rings (SSSR count). The molecule has 3 N–H and O–H groups in total. The Morgan fingerprint density at radius 2 is 2.24 bits per heavy atom. The van der Waals surface area contributed by atoms with E-state index in [1.54, 1.807) is 0 Å². The van der Waals surface area contributed by atoms with Gasteiger partial charge in [-0.05, 0) is 36.7 Å². The summed E-state index contributed by atoms with van der Waals surface area (Å²) in [6.07, 6.45) is 0.797. The summed E-state index contributed by atoms with van der Waals surface area (Å²) in [4.78, 5) is 0. The summed E-state index contributed by atoms with van der Waals surface area (Å²) < 4.78 is 8.45. The van der Waals surface area contributed by atoms with Crippen LogP contribution in [-0.4, -0.2) is 29.0 Å². The summed E-state index contributed by atoms with van der Waals surface area (Å²) in [6, 6.07) is 0.104. The minimum absolute atomic E-state index is 0.104. The molecule has 0 aliphatic heterocycles. The third-order valence-electron chi connectivity index (χ3n) is 2.65. The van der Waals surface area contributed by atoms with Crippen LogP contribution in [0, 0.1) is 6.92 Å². The average molecular weight is 305 g/mol. The number of hydrogen-bond acceptors (Lipinski definition) is 4. The summed E-state index contributed by atoms with van der Waals surface area (Å²) >= 11 is 3.57. The highest BCUT2D eigenvalue weighted by Crippen LogP contribution is 2.22. The number of ether oxygens (including phenoxy) is 1. The molecule has 0 aromatic carbocycles. The summed E-state index contributed by atoms with van der Waals surface area (Å²) in [6.45, 7) is 8.21. The largest absolute Gasteiger partial charge is 0.380 e. The number of nitrogens with two attached hydrogens (primary N) is 1. The molecule has 1 heterocycles. The average Bonchev–Trinajstić information content (AvgIpc) is 2.61. The van der Waals surface area contributed by atoms with E-state index in [9.17, 15) is 0 Å². The van der Waals surface area contributed by atoms with E-state index in [0.29, 0.717) is 13.2 Å². The van der Waals surface area contributed by atoms with Gasteiger partial charge in [-0.1, -0.05) is 0 Å². The molecule has 6 heteroatoms. The molecule has 98 valence electrons. The lowest BCUT2D eigenvalue weighted by Gasteiger charge is -2.16. The number of rotatable bonds is 7. The predicted octanol–water partition coefficient (Wildman–Crippen LogP) is 1.38. The summed E-state index contributed by atoms with van der Waals surface area (Å²) in [7, 11) is 0. The first kappa shape index (κ1) is 14.6. The number of hydrazine groups is 1. The standard InChI is InChI=1S/C11H21BrN4O/c1-4-16-10(11(12)8(3)15-16)6-9(14-13)7-17-5-2/h9,14H,4-7,13H2,1-3H3. The van der Waals surface area contributed by atoms with Crippen molar-refractivity contribution >= 4 is 15.9 Å². The van der Waals surface area contributed by atoms with Crippen LogP contribution in [0.4, 0.5) is 0 Å². The third-order valence-corrected chi connectivity index (χ3v) is 3.68. The molecule has 0 spiro atoms. The Morgan fingerprint density at radius 1 is 1.53 bits per heavy atom. The minimum atomic E-state index is 0.104. The van der Waals surface area contributed by atoms with Gasteiger partial charge in [-0.15, -0.1) is 0 Å². The quantitative estimate of drug-likeness (QED) is 0.590. The van der Waals surface area contributed by atoms with Crippen LogP contribution in [0.2, 0.25) is 0 Å². The van der Waals surface area contributed by atoms with Crippen molar-refractivity contribution in [2.75, 3.05) is 13.2 Å². The van der Waals surface area contributed by atoms with Gasteiger partial charge in [0.25, 0.3) is 0 Å². The molecule has 1 aromatic rings. The van der Waals surface area contributed by atoms with E-state index in [0.717, 1.165) is 28.8 Å². The Bertz CT molecular complexity index is 353. The van der Waals surface area contributed by atoms with E-state index in [1.807, 2.05) is 18.5 Å². The van der Waals surface area contributed by atoms with Crippen molar-refractivity contribution in [3.05, 3.63) is 15.9 Å². The normalized spacial score (nSPS) is 13.0. The van der Waals surface area contributed by atoms with Gasteiger partial charge < -0.3 is 4.74 Å². The Kier molecular flexibility index (Phi) is 6.11. The molecule has 0 amide bonds. The molecule has 0 bridgehead atoms. The zero-order chi connectivity index (χ0) is 12.8. The van der Waals surface area contributed by atoms with Crippen LogP contribution in [0.3, 0.4) is 0 Å². The molecule has 0 fully saturated rings. The molecule has 0 saturated heterocycles. The van der Waals surface area contributed by atoms with Crippen LogP contribution < -0.4 is 11.3 Å². The smallest absolute Gasteiger partial charge is 0.0738 e. The van der Waals surface area contributed by atoms with Gasteiger partial charge in [-0.2, -0.15) is 5.10 Å². The number of nitrogens with zero attached hydrogens (tertiary/aromatic N) is 2. The maximum Gasteiger partial charge on any atom is 0.0738 e. The Labute approximate surface area is 111 Å². The van der Waals surface area contributed by atoms with Gasteiger partial charge in [0.15, 0.2) is 0 Å². The van der Waals surface area contributed by atoms with Crippen molar-refractivity contribution in [2.24, 2.45) is 5.84 Å². The molecule has 1 atom stereocenters. The van der Waals surface area contributed by atoms with E-state index >= 15 is 0 Å². The van der Waals surface area contributed by atoms with Gasteiger partial charge in [-0.25, -0.2) is 0 Å². The lowest BCUT2D eigenvalue weighted by atomic mass is 10.1. The zero-order valence-corrected chi connectivity index (χ0v) is 12.2. The molecule has 1 aromatic heterocycles. The van der Waals surface area contributed by atoms with Crippen LogP contribution in [0.25, 0.3) is 0 Å². The number of nitrogens with one attached hydrogen (secondary N) is 1. The lowest BCUT2D eigenvalue weighted by Crippen LogP contribution is -2.40. The molecular weight excluding hydrogens is 284 g/mol. The molecular formula is C11H21BrN4O. The van der Waals surface area contributed by atoms with Crippen LogP contribution in [0.5, 0.6) is 0 Å². The third kappa shape index (κ3) is 3.77. The fourth-order valence-electron chi connectivity index (χ4n) is 1.72. The SMILES string of the molecule is CCOCC(Cc1c(Br)c(C)nn1CC)NN. The second-order valence-electron chi connectivity index (χ2n) is 3.89. The molecule has 5 nitrogen and oxygen atoms in total. The topological polar surface area (TPSA) is 65.1 Å². The van der Waals surface area contributed by atoms with Crippen LogP contribution in [0.15, 0.2) is 4.47 Å². The first-order valence-corrected chi connectivity index (χ1v) is 6.68. The molecule has 17 heavy (non-hydrogen) atoms. The number of halogens is 1. The van der Waals surface area contributed by atoms with Crippen LogP contribution in [-0.2, 0) is 17.7 Å². The van der Waals surface area contributed by atoms with E-state index in [1.165, 1.54) is 0 Å². The highest BCUT2D eigenvalue weighted by molar-refractivity contribution is 9.10. The second-order valence-corrected chi connectivity index (χ2v) is 4.68. The first-order valence-electron chi connectivity index (χ1n) is 5.89. The van der Waals surface area contributed by atoms with E-state index in [4.69, 9.17) is 10.6 Å². The lowest BCUT2D eigenvalue weighted by molar-refractivity contribution is 0.122. The Morgan fingerprint density at radius 3 is 2.76 bits per heavy atom. The van der Waals surface area contributed by atoms with Crippen molar-refractivity contribution in [3.63, 3.8) is 0 Å². The Hall–Kier alpha value is -0.430. The molecule has 0 saturated carbocycles. The molecule has 1 unspecified atom stereocenters. The van der Waals surface area contributed by atoms with Crippen molar-refractivity contribution < 1.29 is 4.74 Å². The number of hydrogen-bond donors (Lipinski definition) is 2. The van der Waals surface area contributed by atoms with Gasteiger partial charge in [0.2, 0.25) is 0 Å². The minimum Gasteiger partial charge on any atom is -0.380 e. The fourth-order valence-corrected chi connectivity index (χ4v) is 2.17. The molecule has 0 radical (unpaired) electrons. The van der Waals surface area contributed by atoms with Crippen molar-refractivity contribution in [3.8, 4) is 0 Å². The fraction of sp³-hybridized carbons (Fsp3) is 0.727. The highest BCUT2D eigenvalue weighted by atomic mass is 79.9. The second kappa shape index (κ2) is 7.10. The maximum atomic E-state index is 5.53. The first-order chi connectivity index (χ1) is 8.13. The van der Waals surface area contributed by atoms with Crippen molar-refractivity contribution in [2.45, 2.75) is 39.8 Å². The number of aryl methyl sites for hydroxylation is 2. The van der Waals surface area contributed by atoms with Gasteiger partial charge in [-0.3, -0.25) is 16.0 Å². The highest BCUT2D eigenvalue weighted by Gasteiger charge is 2.16. The Balaban J connectivity index is 2.77. The zero-order valence-electron chi connectivity index (χ0n) is 10.7. The van der Waals surface area contributed by atoms with Crippen molar-refractivity contribution in [1.29, 1.82) is 0 Å². The van der Waals surface area contributed by atoms with Crippen LogP contribution in [0.1, 0.15) is 25.2 Å². The monoisotopic (exact) mass is 304 g/mol. The van der Waals surface area contributed by atoms with E-state index < -0.39 is 0 Å². The van der Waals surface area contributed by atoms with E-state index in [-0.39, 0.29) is 6.04 Å². The van der Waals surface area contributed by atoms with Crippen LogP contribution >= 0.6 is 15.9 Å². The molecule has 0 aliphatic rings. The van der Waals surface area contributed by atoms with Gasteiger partial charge in [0.05, 0.1) is 22.5 Å². The summed E-state index contributed by atoms with van der Waals surface area (Å²) in [5.74, 6) is 5.53. The van der Waals surface area contributed by atoms with Crippen molar-refractivity contribution in [1.82, 2.24) is 15.2 Å². The van der Waals surface area contributed by atoms with Gasteiger partial charge in [0, 0.05) is 25.6 Å². The number of aromatic nitrogens is 2. The van der Waals surface area contributed by atoms with Gasteiger partial charge in [0.1, 0.15) is 0 Å². The maximum absolute atomic E-state index is 5.53. The van der Waals surface area contributed by atoms with Gasteiger partial charge >= 0.3 is 0 Å². The predicted molar refractivity (Wildman–Crippen MR) is 71.6 cm³/mol. The molecule has 0 aliphatic carbocycles. The summed E-state index contributed by atoms with van der Waals surface area (Å²) in [5, 5.41) is 4.46. The van der Waals surface area contributed by atoms with E-state index in [2.05, 4.69) is 33.4 Å². The summed E-state index contributed by atoms with van der Waals surface area (Å²) in [5.41, 5.74) is 4.95.